The van der Waals surface area contributed by atoms with Crippen molar-refractivity contribution in [2.24, 2.45) is 0 Å². The standard InChI is InChI=1S/C20H26N2O3S/c1-4-5-6-7-20(23)21-17-9-11-18(12-10-17)26(24,25)22-19-13-8-15(2)14-16(19)3/h8-14,22H,4-7H2,1-3H3,(H,21,23). The Labute approximate surface area is 155 Å². The van der Waals surface area contributed by atoms with Gasteiger partial charge in [-0.25, -0.2) is 8.42 Å². The molecule has 0 bridgehead atoms. The van der Waals surface area contributed by atoms with Crippen molar-refractivity contribution < 1.29 is 13.2 Å². The van der Waals surface area contributed by atoms with E-state index < -0.39 is 10.0 Å². The molecule has 2 rings (SSSR count). The number of benzene rings is 2. The summed E-state index contributed by atoms with van der Waals surface area (Å²) in [4.78, 5) is 12.0. The fourth-order valence-corrected chi connectivity index (χ4v) is 3.74. The molecular weight excluding hydrogens is 348 g/mol. The van der Waals surface area contributed by atoms with Crippen molar-refractivity contribution in [1.82, 2.24) is 0 Å². The van der Waals surface area contributed by atoms with Crippen LogP contribution in [0.25, 0.3) is 0 Å². The Balaban J connectivity index is 2.05. The van der Waals surface area contributed by atoms with Crippen molar-refractivity contribution in [1.29, 1.82) is 0 Å². The minimum absolute atomic E-state index is 0.0533. The molecule has 0 aliphatic heterocycles. The zero-order valence-electron chi connectivity index (χ0n) is 15.5. The molecular formula is C20H26N2O3S. The Morgan fingerprint density at radius 2 is 1.69 bits per heavy atom. The summed E-state index contributed by atoms with van der Waals surface area (Å²) in [5.74, 6) is -0.0533. The van der Waals surface area contributed by atoms with Crippen LogP contribution in [0.1, 0.15) is 43.7 Å². The normalized spacial score (nSPS) is 11.2. The van der Waals surface area contributed by atoms with Gasteiger partial charge in [-0.15, -0.1) is 0 Å². The molecule has 0 atom stereocenters. The van der Waals surface area contributed by atoms with Gasteiger partial charge in [-0.1, -0.05) is 37.5 Å². The number of amides is 1. The average Bonchev–Trinajstić information content (AvgIpc) is 2.58. The van der Waals surface area contributed by atoms with Gasteiger partial charge >= 0.3 is 0 Å². The smallest absolute Gasteiger partial charge is 0.261 e. The van der Waals surface area contributed by atoms with Crippen molar-refractivity contribution in [3.05, 3.63) is 53.6 Å². The van der Waals surface area contributed by atoms with E-state index in [4.69, 9.17) is 0 Å². The summed E-state index contributed by atoms with van der Waals surface area (Å²) in [6.07, 6.45) is 3.42. The summed E-state index contributed by atoms with van der Waals surface area (Å²) in [6.45, 7) is 5.91. The second kappa shape index (κ2) is 8.85. The topological polar surface area (TPSA) is 75.3 Å². The van der Waals surface area contributed by atoms with E-state index in [0.717, 1.165) is 30.4 Å². The molecule has 2 aromatic carbocycles. The highest BCUT2D eigenvalue weighted by molar-refractivity contribution is 7.92. The van der Waals surface area contributed by atoms with E-state index in [2.05, 4.69) is 17.0 Å². The maximum absolute atomic E-state index is 12.5. The second-order valence-corrected chi connectivity index (χ2v) is 8.14. The molecule has 0 saturated heterocycles. The predicted molar refractivity (Wildman–Crippen MR) is 106 cm³/mol. The maximum Gasteiger partial charge on any atom is 0.261 e. The van der Waals surface area contributed by atoms with Crippen molar-refractivity contribution >= 4 is 27.3 Å². The Hall–Kier alpha value is -2.34. The van der Waals surface area contributed by atoms with Crippen molar-refractivity contribution in [2.75, 3.05) is 10.0 Å². The van der Waals surface area contributed by atoms with Crippen LogP contribution in [0, 0.1) is 13.8 Å². The van der Waals surface area contributed by atoms with Gasteiger partial charge in [-0.2, -0.15) is 0 Å². The number of carbonyl (C=O) groups excluding carboxylic acids is 1. The number of hydrogen-bond acceptors (Lipinski definition) is 3. The fourth-order valence-electron chi connectivity index (χ4n) is 2.61. The summed E-state index contributed by atoms with van der Waals surface area (Å²) in [5.41, 5.74) is 3.09. The first-order valence-electron chi connectivity index (χ1n) is 8.82. The van der Waals surface area contributed by atoms with Gasteiger partial charge in [0.25, 0.3) is 10.0 Å². The van der Waals surface area contributed by atoms with E-state index >= 15 is 0 Å². The highest BCUT2D eigenvalue weighted by atomic mass is 32.2. The summed E-state index contributed by atoms with van der Waals surface area (Å²) < 4.78 is 27.7. The SMILES string of the molecule is CCCCCC(=O)Nc1ccc(S(=O)(=O)Nc2ccc(C)cc2C)cc1. The maximum atomic E-state index is 12.5. The van der Waals surface area contributed by atoms with Crippen LogP contribution < -0.4 is 10.0 Å². The zero-order chi connectivity index (χ0) is 19.2. The molecule has 0 fully saturated rings. The molecule has 5 nitrogen and oxygen atoms in total. The van der Waals surface area contributed by atoms with Gasteiger partial charge in [0.15, 0.2) is 0 Å². The van der Waals surface area contributed by atoms with Crippen LogP contribution in [0.4, 0.5) is 11.4 Å². The number of rotatable bonds is 8. The zero-order valence-corrected chi connectivity index (χ0v) is 16.3. The summed E-state index contributed by atoms with van der Waals surface area (Å²) in [6, 6.07) is 11.7. The molecule has 2 aromatic rings. The molecule has 140 valence electrons. The molecule has 0 aliphatic carbocycles. The Morgan fingerprint density at radius 3 is 2.31 bits per heavy atom. The lowest BCUT2D eigenvalue weighted by molar-refractivity contribution is -0.116. The van der Waals surface area contributed by atoms with E-state index in [9.17, 15) is 13.2 Å². The molecule has 0 spiro atoms. The average molecular weight is 375 g/mol. The van der Waals surface area contributed by atoms with E-state index in [0.29, 0.717) is 17.8 Å². The van der Waals surface area contributed by atoms with Gasteiger partial charge in [-0.3, -0.25) is 9.52 Å². The van der Waals surface area contributed by atoms with Crippen LogP contribution in [0.15, 0.2) is 47.4 Å². The second-order valence-electron chi connectivity index (χ2n) is 6.45. The Kier molecular flexibility index (Phi) is 6.80. The monoisotopic (exact) mass is 374 g/mol. The molecule has 0 aromatic heterocycles. The van der Waals surface area contributed by atoms with Crippen LogP contribution in [-0.4, -0.2) is 14.3 Å². The first kappa shape index (κ1) is 20.0. The van der Waals surface area contributed by atoms with E-state index in [1.165, 1.54) is 12.1 Å². The largest absolute Gasteiger partial charge is 0.326 e. The third-order valence-electron chi connectivity index (χ3n) is 4.08. The molecule has 0 radical (unpaired) electrons. The minimum atomic E-state index is -3.67. The van der Waals surface area contributed by atoms with Gasteiger partial charge in [0.05, 0.1) is 10.6 Å². The van der Waals surface area contributed by atoms with Gasteiger partial charge in [0.1, 0.15) is 0 Å². The summed E-state index contributed by atoms with van der Waals surface area (Å²) in [5, 5.41) is 2.79. The van der Waals surface area contributed by atoms with Crippen LogP contribution in [-0.2, 0) is 14.8 Å². The molecule has 1 amide bonds. The number of unbranched alkanes of at least 4 members (excludes halogenated alkanes) is 2. The van der Waals surface area contributed by atoms with E-state index in [-0.39, 0.29) is 10.8 Å². The number of sulfonamides is 1. The molecule has 0 heterocycles. The summed E-state index contributed by atoms with van der Waals surface area (Å²) in [7, 11) is -3.67. The number of carbonyl (C=O) groups is 1. The lowest BCUT2D eigenvalue weighted by Gasteiger charge is -2.12. The first-order valence-corrected chi connectivity index (χ1v) is 10.3. The lowest BCUT2D eigenvalue weighted by Crippen LogP contribution is -2.14. The number of hydrogen-bond donors (Lipinski definition) is 2. The van der Waals surface area contributed by atoms with Crippen LogP contribution >= 0.6 is 0 Å². The Morgan fingerprint density at radius 1 is 1.00 bits per heavy atom. The van der Waals surface area contributed by atoms with Gasteiger partial charge in [0, 0.05) is 12.1 Å². The predicted octanol–water partition coefficient (Wildman–Crippen LogP) is 4.62. The van der Waals surface area contributed by atoms with Gasteiger partial charge in [-0.05, 0) is 56.2 Å². The molecule has 2 N–H and O–H groups in total. The van der Waals surface area contributed by atoms with Gasteiger partial charge in [0.2, 0.25) is 5.91 Å². The molecule has 26 heavy (non-hydrogen) atoms. The molecule has 0 saturated carbocycles. The molecule has 0 unspecified atom stereocenters. The van der Waals surface area contributed by atoms with Gasteiger partial charge < -0.3 is 5.32 Å². The van der Waals surface area contributed by atoms with Crippen LogP contribution in [0.2, 0.25) is 0 Å². The summed E-state index contributed by atoms with van der Waals surface area (Å²) >= 11 is 0. The third-order valence-corrected chi connectivity index (χ3v) is 5.46. The first-order chi connectivity index (χ1) is 12.3. The number of aryl methyl sites for hydroxylation is 2. The molecule has 0 aliphatic rings. The minimum Gasteiger partial charge on any atom is -0.326 e. The fraction of sp³-hybridized carbons (Fsp3) is 0.350. The highest BCUT2D eigenvalue weighted by Crippen LogP contribution is 2.22. The van der Waals surface area contributed by atoms with Crippen LogP contribution in [0.5, 0.6) is 0 Å². The van der Waals surface area contributed by atoms with Crippen molar-refractivity contribution in [3.63, 3.8) is 0 Å². The lowest BCUT2D eigenvalue weighted by atomic mass is 10.1. The highest BCUT2D eigenvalue weighted by Gasteiger charge is 2.15. The molecule has 6 heteroatoms. The van der Waals surface area contributed by atoms with Crippen molar-refractivity contribution in [3.8, 4) is 0 Å². The van der Waals surface area contributed by atoms with E-state index in [1.54, 1.807) is 18.2 Å². The van der Waals surface area contributed by atoms with E-state index in [1.807, 2.05) is 26.0 Å². The third kappa shape index (κ3) is 5.59. The number of nitrogens with one attached hydrogen (secondary N) is 2. The Bertz CT molecular complexity index is 859. The quantitative estimate of drug-likeness (QED) is 0.662. The van der Waals surface area contributed by atoms with Crippen molar-refractivity contribution in [2.45, 2.75) is 51.3 Å². The number of anilines is 2. The van der Waals surface area contributed by atoms with Crippen LogP contribution in [0.3, 0.4) is 0 Å².